The summed E-state index contributed by atoms with van der Waals surface area (Å²) in [5, 5.41) is 6.23. The second kappa shape index (κ2) is 10.3. The molecule has 0 amide bonds. The Hall–Kier alpha value is -2.10. The lowest BCUT2D eigenvalue weighted by atomic mass is 10.1. The number of hydrogen-bond acceptors (Lipinski definition) is 3. The third-order valence-corrected chi connectivity index (χ3v) is 3.93. The summed E-state index contributed by atoms with van der Waals surface area (Å²) in [6, 6.07) is 9.01. The van der Waals surface area contributed by atoms with E-state index in [9.17, 15) is 8.78 Å². The minimum absolute atomic E-state index is 0. The van der Waals surface area contributed by atoms with Gasteiger partial charge in [0.05, 0.1) is 13.2 Å². The van der Waals surface area contributed by atoms with Crippen molar-refractivity contribution in [3.05, 3.63) is 53.6 Å². The highest BCUT2D eigenvalue weighted by atomic mass is 127. The molecule has 3 rings (SSSR count). The first-order chi connectivity index (χ1) is 12.7. The zero-order valence-electron chi connectivity index (χ0n) is 14.9. The summed E-state index contributed by atoms with van der Waals surface area (Å²) in [5.74, 6) is 1.06. The van der Waals surface area contributed by atoms with Gasteiger partial charge in [0, 0.05) is 31.8 Å². The minimum atomic E-state index is -0.448. The predicted molar refractivity (Wildman–Crippen MR) is 113 cm³/mol. The van der Waals surface area contributed by atoms with E-state index in [1.165, 1.54) is 6.07 Å². The molecule has 2 aromatic carbocycles. The first-order valence-corrected chi connectivity index (χ1v) is 8.47. The Labute approximate surface area is 174 Å². The molecule has 0 aromatic heterocycles. The first kappa shape index (κ1) is 21.2. The molecule has 2 N–H and O–H groups in total. The van der Waals surface area contributed by atoms with E-state index in [1.807, 2.05) is 18.2 Å². The third kappa shape index (κ3) is 5.95. The van der Waals surface area contributed by atoms with Crippen molar-refractivity contribution >= 4 is 35.6 Å². The highest BCUT2D eigenvalue weighted by Gasteiger charge is 2.11. The fourth-order valence-corrected chi connectivity index (χ4v) is 2.61. The molecule has 0 unspecified atom stereocenters. The maximum atomic E-state index is 13.7. The average molecular weight is 489 g/mol. The molecule has 0 radical (unpaired) electrons. The van der Waals surface area contributed by atoms with Gasteiger partial charge in [-0.2, -0.15) is 0 Å². The van der Waals surface area contributed by atoms with E-state index in [1.54, 1.807) is 7.05 Å². The Morgan fingerprint density at radius 2 is 1.85 bits per heavy atom. The lowest BCUT2D eigenvalue weighted by Crippen LogP contribution is -2.32. The van der Waals surface area contributed by atoms with Crippen LogP contribution in [0.25, 0.3) is 0 Å². The van der Waals surface area contributed by atoms with E-state index >= 15 is 0 Å². The Morgan fingerprint density at radius 1 is 1.07 bits per heavy atom. The van der Waals surface area contributed by atoms with Crippen LogP contribution in [0, 0.1) is 11.6 Å². The van der Waals surface area contributed by atoms with E-state index in [-0.39, 0.29) is 24.0 Å². The zero-order valence-corrected chi connectivity index (χ0v) is 17.3. The fourth-order valence-electron chi connectivity index (χ4n) is 2.61. The van der Waals surface area contributed by atoms with Crippen molar-refractivity contribution in [2.75, 3.05) is 32.1 Å². The molecular weight excluding hydrogens is 467 g/mol. The summed E-state index contributed by atoms with van der Waals surface area (Å²) in [6.45, 7) is 1.66. The number of nitrogens with one attached hydrogen (secondary N) is 2. The molecule has 0 bridgehead atoms. The number of hydrogen-bond donors (Lipinski definition) is 2. The summed E-state index contributed by atoms with van der Waals surface area (Å²) in [7, 11) is 1.64. The van der Waals surface area contributed by atoms with Gasteiger partial charge in [-0.1, -0.05) is 0 Å². The van der Waals surface area contributed by atoms with Crippen LogP contribution in [0.1, 0.15) is 12.0 Å². The highest BCUT2D eigenvalue weighted by molar-refractivity contribution is 14.0. The Balaban J connectivity index is 0.00000261. The number of nitrogens with zero attached hydrogens (tertiary/aromatic N) is 1. The summed E-state index contributed by atoms with van der Waals surface area (Å²) >= 11 is 0. The molecule has 146 valence electrons. The standard InChI is InChI=1S/C19H21F2N3O2.HI/c1-22-19(23-8-7-13-11-14(20)3-5-16(13)21)24-15-4-6-17-18(12-15)26-10-2-9-25-17;/h3-6,11-12H,2,7-10H2,1H3,(H2,22,23,24);1H. The Morgan fingerprint density at radius 3 is 2.63 bits per heavy atom. The number of ether oxygens (including phenoxy) is 2. The minimum Gasteiger partial charge on any atom is -0.490 e. The van der Waals surface area contributed by atoms with Crippen LogP contribution in [0.4, 0.5) is 14.5 Å². The number of anilines is 1. The van der Waals surface area contributed by atoms with Crippen LogP contribution < -0.4 is 20.1 Å². The second-order valence-electron chi connectivity index (χ2n) is 5.82. The highest BCUT2D eigenvalue weighted by Crippen LogP contribution is 2.32. The van der Waals surface area contributed by atoms with Gasteiger partial charge < -0.3 is 20.1 Å². The van der Waals surface area contributed by atoms with E-state index < -0.39 is 11.6 Å². The summed E-state index contributed by atoms with van der Waals surface area (Å²) in [5.41, 5.74) is 1.11. The molecule has 8 heteroatoms. The Bertz CT molecular complexity index is 803. The Kier molecular flexibility index (Phi) is 8.08. The van der Waals surface area contributed by atoms with Crippen molar-refractivity contribution < 1.29 is 18.3 Å². The zero-order chi connectivity index (χ0) is 18.4. The van der Waals surface area contributed by atoms with Crippen molar-refractivity contribution in [1.29, 1.82) is 0 Å². The average Bonchev–Trinajstić information content (AvgIpc) is 2.88. The lowest BCUT2D eigenvalue weighted by molar-refractivity contribution is 0.297. The van der Waals surface area contributed by atoms with Gasteiger partial charge in [0.2, 0.25) is 0 Å². The molecule has 1 aliphatic heterocycles. The van der Waals surface area contributed by atoms with E-state index in [0.717, 1.165) is 30.0 Å². The van der Waals surface area contributed by atoms with Crippen LogP contribution in [0.5, 0.6) is 11.5 Å². The molecule has 5 nitrogen and oxygen atoms in total. The van der Waals surface area contributed by atoms with E-state index in [0.29, 0.717) is 43.5 Å². The van der Waals surface area contributed by atoms with Gasteiger partial charge in [-0.3, -0.25) is 4.99 Å². The topological polar surface area (TPSA) is 54.9 Å². The van der Waals surface area contributed by atoms with Crippen LogP contribution in [0.2, 0.25) is 0 Å². The number of fused-ring (bicyclic) bond motifs is 1. The van der Waals surface area contributed by atoms with Gasteiger partial charge in [-0.25, -0.2) is 8.78 Å². The largest absolute Gasteiger partial charge is 0.490 e. The number of benzene rings is 2. The molecule has 1 heterocycles. The van der Waals surface area contributed by atoms with Crippen molar-refractivity contribution in [2.24, 2.45) is 4.99 Å². The van der Waals surface area contributed by atoms with Crippen LogP contribution in [0.15, 0.2) is 41.4 Å². The SMILES string of the molecule is CN=C(NCCc1cc(F)ccc1F)Nc1ccc2c(c1)OCCCO2.I. The van der Waals surface area contributed by atoms with Gasteiger partial charge in [-0.15, -0.1) is 24.0 Å². The van der Waals surface area contributed by atoms with Crippen LogP contribution in [0.3, 0.4) is 0 Å². The maximum Gasteiger partial charge on any atom is 0.195 e. The molecule has 2 aromatic rings. The summed E-state index contributed by atoms with van der Waals surface area (Å²) in [4.78, 5) is 4.14. The predicted octanol–water partition coefficient (Wildman–Crippen LogP) is 3.97. The van der Waals surface area contributed by atoms with Gasteiger partial charge in [0.15, 0.2) is 17.5 Å². The van der Waals surface area contributed by atoms with Gasteiger partial charge >= 0.3 is 0 Å². The normalized spacial score (nSPS) is 13.4. The quantitative estimate of drug-likeness (QED) is 0.388. The number of aliphatic imine (C=N–C) groups is 1. The van der Waals surface area contributed by atoms with Gasteiger partial charge in [0.1, 0.15) is 11.6 Å². The molecule has 27 heavy (non-hydrogen) atoms. The van der Waals surface area contributed by atoms with Crippen molar-refractivity contribution in [3.8, 4) is 11.5 Å². The molecule has 0 aliphatic carbocycles. The molecule has 0 fully saturated rings. The third-order valence-electron chi connectivity index (χ3n) is 3.93. The van der Waals surface area contributed by atoms with E-state index in [4.69, 9.17) is 9.47 Å². The molecule has 0 saturated carbocycles. The van der Waals surface area contributed by atoms with E-state index in [2.05, 4.69) is 15.6 Å². The van der Waals surface area contributed by atoms with Crippen LogP contribution >= 0.6 is 24.0 Å². The van der Waals surface area contributed by atoms with Crippen molar-refractivity contribution in [2.45, 2.75) is 12.8 Å². The lowest BCUT2D eigenvalue weighted by Gasteiger charge is -2.14. The maximum absolute atomic E-state index is 13.7. The first-order valence-electron chi connectivity index (χ1n) is 8.47. The molecular formula is C19H22F2IN3O2. The summed E-state index contributed by atoms with van der Waals surface area (Å²) < 4.78 is 38.1. The molecule has 0 spiro atoms. The smallest absolute Gasteiger partial charge is 0.195 e. The second-order valence-corrected chi connectivity index (χ2v) is 5.82. The van der Waals surface area contributed by atoms with Gasteiger partial charge in [0.25, 0.3) is 0 Å². The number of rotatable bonds is 4. The molecule has 0 saturated heterocycles. The molecule has 1 aliphatic rings. The fraction of sp³-hybridized carbons (Fsp3) is 0.316. The number of guanidine groups is 1. The molecule has 0 atom stereocenters. The van der Waals surface area contributed by atoms with Crippen LogP contribution in [-0.4, -0.2) is 32.8 Å². The van der Waals surface area contributed by atoms with Crippen molar-refractivity contribution in [3.63, 3.8) is 0 Å². The van der Waals surface area contributed by atoms with Gasteiger partial charge in [-0.05, 0) is 42.3 Å². The summed E-state index contributed by atoms with van der Waals surface area (Å²) in [6.07, 6.45) is 1.18. The monoisotopic (exact) mass is 489 g/mol. The van der Waals surface area contributed by atoms with Crippen LogP contribution in [-0.2, 0) is 6.42 Å². The van der Waals surface area contributed by atoms with Crippen molar-refractivity contribution in [1.82, 2.24) is 5.32 Å². The number of halogens is 3.